The number of nitrogens with zero attached hydrogens (tertiary/aromatic N) is 5. The molecule has 34 heavy (non-hydrogen) atoms. The van der Waals surface area contributed by atoms with Crippen molar-refractivity contribution in [2.45, 2.75) is 13.8 Å². The third-order valence-corrected chi connectivity index (χ3v) is 5.86. The fraction of sp³-hybridized carbons (Fsp3) is 0.261. The van der Waals surface area contributed by atoms with Gasteiger partial charge in [-0.15, -0.1) is 0 Å². The van der Waals surface area contributed by atoms with E-state index in [2.05, 4.69) is 10.4 Å². The van der Waals surface area contributed by atoms with E-state index >= 15 is 0 Å². The molecule has 2 heterocycles. The van der Waals surface area contributed by atoms with Gasteiger partial charge in [-0.2, -0.15) is 5.10 Å². The van der Waals surface area contributed by atoms with Crippen molar-refractivity contribution >= 4 is 40.6 Å². The molecule has 1 N–H and O–H groups in total. The van der Waals surface area contributed by atoms with Crippen LogP contribution in [0.1, 0.15) is 23.0 Å². The number of piperazine rings is 1. The zero-order chi connectivity index (χ0) is 24.4. The van der Waals surface area contributed by atoms with E-state index in [1.54, 1.807) is 59.0 Å². The molecule has 1 aliphatic heterocycles. The van der Waals surface area contributed by atoms with Crippen molar-refractivity contribution in [1.29, 1.82) is 0 Å². The number of carbonyl (C=O) groups is 2. The number of halogens is 1. The molecule has 1 fully saturated rings. The van der Waals surface area contributed by atoms with E-state index in [-0.39, 0.29) is 17.2 Å². The normalized spacial score (nSPS) is 13.6. The maximum atomic E-state index is 13.0. The van der Waals surface area contributed by atoms with Gasteiger partial charge < -0.3 is 15.1 Å². The summed E-state index contributed by atoms with van der Waals surface area (Å²) in [6.45, 7) is 5.23. The summed E-state index contributed by atoms with van der Waals surface area (Å²) in [4.78, 5) is 39.4. The second-order valence-electron chi connectivity index (χ2n) is 7.97. The van der Waals surface area contributed by atoms with Crippen molar-refractivity contribution in [1.82, 2.24) is 14.7 Å². The second-order valence-corrected chi connectivity index (χ2v) is 8.41. The van der Waals surface area contributed by atoms with Crippen LogP contribution in [0.4, 0.5) is 17.2 Å². The number of nitrogens with one attached hydrogen (secondary N) is 1. The fourth-order valence-corrected chi connectivity index (χ4v) is 4.11. The van der Waals surface area contributed by atoms with E-state index in [1.165, 1.54) is 13.0 Å². The van der Waals surface area contributed by atoms with E-state index in [0.29, 0.717) is 54.1 Å². The van der Waals surface area contributed by atoms with Gasteiger partial charge >= 0.3 is 0 Å². The number of rotatable bonds is 5. The summed E-state index contributed by atoms with van der Waals surface area (Å²) >= 11 is 6.09. The van der Waals surface area contributed by atoms with Gasteiger partial charge in [0.2, 0.25) is 5.91 Å². The van der Waals surface area contributed by atoms with E-state index in [1.807, 2.05) is 4.90 Å². The Morgan fingerprint density at radius 1 is 1.09 bits per heavy atom. The number of anilines is 2. The van der Waals surface area contributed by atoms with E-state index < -0.39 is 10.8 Å². The monoisotopic (exact) mass is 482 g/mol. The minimum atomic E-state index is -0.501. The topological polar surface area (TPSA) is 114 Å². The molecule has 1 aliphatic rings. The van der Waals surface area contributed by atoms with Crippen molar-refractivity contribution in [2.75, 3.05) is 36.4 Å². The average Bonchev–Trinajstić information content (AvgIpc) is 3.18. The summed E-state index contributed by atoms with van der Waals surface area (Å²) in [5, 5.41) is 19.5. The highest BCUT2D eigenvalue weighted by Gasteiger charge is 2.26. The Hall–Kier alpha value is -3.92. The van der Waals surface area contributed by atoms with E-state index in [4.69, 9.17) is 11.6 Å². The van der Waals surface area contributed by atoms with Gasteiger partial charge in [-0.05, 0) is 37.3 Å². The number of aromatic nitrogens is 2. The maximum Gasteiger partial charge on any atom is 0.293 e. The van der Waals surface area contributed by atoms with Gasteiger partial charge in [0.25, 0.3) is 11.6 Å². The molecule has 4 rings (SSSR count). The summed E-state index contributed by atoms with van der Waals surface area (Å²) in [5.41, 5.74) is 1.76. The van der Waals surface area contributed by atoms with Gasteiger partial charge in [0.1, 0.15) is 11.5 Å². The van der Waals surface area contributed by atoms with Crippen molar-refractivity contribution in [2.24, 2.45) is 0 Å². The van der Waals surface area contributed by atoms with Gasteiger partial charge in [-0.3, -0.25) is 19.7 Å². The molecule has 176 valence electrons. The molecular formula is C23H23ClN6O4. The first-order valence-electron chi connectivity index (χ1n) is 10.7. The van der Waals surface area contributed by atoms with Crippen molar-refractivity contribution in [3.63, 3.8) is 0 Å². The minimum absolute atomic E-state index is 0.0200. The predicted molar refractivity (Wildman–Crippen MR) is 129 cm³/mol. The number of nitro benzene ring substituents is 1. The van der Waals surface area contributed by atoms with Crippen LogP contribution in [0.5, 0.6) is 0 Å². The predicted octanol–water partition coefficient (Wildman–Crippen LogP) is 3.66. The highest BCUT2D eigenvalue weighted by molar-refractivity contribution is 6.30. The number of aryl methyl sites for hydroxylation is 1. The largest absolute Gasteiger partial charge is 0.362 e. The number of benzene rings is 2. The molecule has 0 radical (unpaired) electrons. The Labute approximate surface area is 200 Å². The Balaban J connectivity index is 1.58. The number of amides is 2. The number of carbonyl (C=O) groups excluding carboxylic acids is 2. The van der Waals surface area contributed by atoms with E-state index in [9.17, 15) is 19.7 Å². The van der Waals surface area contributed by atoms with Crippen molar-refractivity contribution in [3.05, 3.63) is 74.9 Å². The lowest BCUT2D eigenvalue weighted by atomic mass is 10.1. The van der Waals surface area contributed by atoms with Crippen LogP contribution in [0, 0.1) is 17.0 Å². The third-order valence-electron chi connectivity index (χ3n) is 5.63. The van der Waals surface area contributed by atoms with Gasteiger partial charge in [0.05, 0.1) is 16.3 Å². The van der Waals surface area contributed by atoms with Crippen molar-refractivity contribution in [3.8, 4) is 5.69 Å². The van der Waals surface area contributed by atoms with Crippen LogP contribution >= 0.6 is 11.6 Å². The number of hydrogen-bond acceptors (Lipinski definition) is 6. The van der Waals surface area contributed by atoms with Gasteiger partial charge in [-0.1, -0.05) is 17.7 Å². The van der Waals surface area contributed by atoms with Crippen molar-refractivity contribution < 1.29 is 14.5 Å². The molecule has 0 bridgehead atoms. The Morgan fingerprint density at radius 2 is 1.82 bits per heavy atom. The first-order valence-corrected chi connectivity index (χ1v) is 11.0. The summed E-state index contributed by atoms with van der Waals surface area (Å²) in [7, 11) is 0. The minimum Gasteiger partial charge on any atom is -0.362 e. The van der Waals surface area contributed by atoms with E-state index in [0.717, 1.165) is 0 Å². The van der Waals surface area contributed by atoms with Crippen LogP contribution in [-0.4, -0.2) is 57.6 Å². The van der Waals surface area contributed by atoms with Gasteiger partial charge in [-0.25, -0.2) is 4.68 Å². The lowest BCUT2D eigenvalue weighted by Crippen LogP contribution is -2.48. The molecule has 3 aromatic rings. The number of nitro groups is 1. The van der Waals surface area contributed by atoms with Gasteiger partial charge in [0, 0.05) is 55.8 Å². The van der Waals surface area contributed by atoms with Crippen LogP contribution in [0.15, 0.2) is 48.5 Å². The molecule has 0 saturated carbocycles. The molecule has 0 atom stereocenters. The summed E-state index contributed by atoms with van der Waals surface area (Å²) in [5.74, 6) is -0.107. The average molecular weight is 483 g/mol. The van der Waals surface area contributed by atoms with Crippen LogP contribution in [0.3, 0.4) is 0 Å². The zero-order valence-corrected chi connectivity index (χ0v) is 19.5. The first-order chi connectivity index (χ1) is 16.2. The molecule has 0 aliphatic carbocycles. The zero-order valence-electron chi connectivity index (χ0n) is 18.7. The Morgan fingerprint density at radius 3 is 2.47 bits per heavy atom. The standard InChI is InChI=1S/C23H23ClN6O4/c1-15-12-22(29(26-15)19-5-3-4-18(24)14-19)25-23(32)17-6-7-20(21(13-17)30(33)34)28-10-8-27(9-11-28)16(2)31/h3-7,12-14H,8-11H2,1-2H3,(H,25,32). The van der Waals surface area contributed by atoms with Crippen LogP contribution in [-0.2, 0) is 4.79 Å². The van der Waals surface area contributed by atoms with Gasteiger partial charge in [0.15, 0.2) is 0 Å². The maximum absolute atomic E-state index is 13.0. The Kier molecular flexibility index (Phi) is 6.51. The fourth-order valence-electron chi connectivity index (χ4n) is 3.92. The first kappa shape index (κ1) is 23.2. The summed E-state index contributed by atoms with van der Waals surface area (Å²) in [6.07, 6.45) is 0. The van der Waals surface area contributed by atoms with Crippen LogP contribution < -0.4 is 10.2 Å². The Bertz CT molecular complexity index is 1270. The molecule has 0 spiro atoms. The molecular weight excluding hydrogens is 460 g/mol. The highest BCUT2D eigenvalue weighted by atomic mass is 35.5. The lowest BCUT2D eigenvalue weighted by molar-refractivity contribution is -0.384. The van der Waals surface area contributed by atoms with Crippen LogP contribution in [0.25, 0.3) is 5.69 Å². The molecule has 2 amide bonds. The molecule has 2 aromatic carbocycles. The molecule has 1 saturated heterocycles. The molecule has 10 nitrogen and oxygen atoms in total. The summed E-state index contributed by atoms with van der Waals surface area (Å²) in [6, 6.07) is 13.1. The summed E-state index contributed by atoms with van der Waals surface area (Å²) < 4.78 is 1.55. The smallest absolute Gasteiger partial charge is 0.293 e. The quantitative estimate of drug-likeness (QED) is 0.438. The lowest BCUT2D eigenvalue weighted by Gasteiger charge is -2.35. The molecule has 0 unspecified atom stereocenters. The SMILES string of the molecule is CC(=O)N1CCN(c2ccc(C(=O)Nc3cc(C)nn3-c3cccc(Cl)c3)cc2[N+](=O)[O-])CC1. The highest BCUT2D eigenvalue weighted by Crippen LogP contribution is 2.31. The number of hydrogen-bond donors (Lipinski definition) is 1. The second kappa shape index (κ2) is 9.52. The van der Waals surface area contributed by atoms with Crippen LogP contribution in [0.2, 0.25) is 5.02 Å². The third kappa shape index (κ3) is 4.86. The molecule has 1 aromatic heterocycles. The molecule has 11 heteroatoms.